The van der Waals surface area contributed by atoms with Gasteiger partial charge in [-0.25, -0.2) is 10.0 Å². The first kappa shape index (κ1) is 19.8. The first-order valence-corrected chi connectivity index (χ1v) is 11.3. The second kappa shape index (κ2) is 8.57. The second-order valence-corrected chi connectivity index (χ2v) is 8.86. The van der Waals surface area contributed by atoms with E-state index in [2.05, 4.69) is 11.5 Å². The monoisotopic (exact) mass is 429 g/mol. The van der Waals surface area contributed by atoms with E-state index in [9.17, 15) is 9.90 Å². The Morgan fingerprint density at radius 2 is 1.77 bits per heavy atom. The Bertz CT molecular complexity index is 1170. The maximum atomic E-state index is 12.9. The van der Waals surface area contributed by atoms with Crippen LogP contribution in [0.4, 0.5) is 5.69 Å². The number of rotatable bonds is 3. The SMILES string of the molecule is O=C(NN1CCCCC1)c1ccc2c(c1)N=C(c1cccc(O)c1)c1ccccc1S2. The lowest BCUT2D eigenvalue weighted by Crippen LogP contribution is -2.45. The van der Waals surface area contributed by atoms with Crippen LogP contribution in [0.25, 0.3) is 0 Å². The number of carbonyl (C=O) groups is 1. The van der Waals surface area contributed by atoms with Gasteiger partial charge in [0, 0.05) is 39.6 Å². The Balaban J connectivity index is 1.55. The molecule has 3 aromatic rings. The van der Waals surface area contributed by atoms with Crippen LogP contribution in [0.15, 0.2) is 81.5 Å². The number of phenols is 1. The molecule has 0 atom stereocenters. The van der Waals surface area contributed by atoms with Crippen LogP contribution in [0, 0.1) is 0 Å². The number of piperidine rings is 1. The Kier molecular flexibility index (Phi) is 5.49. The molecule has 0 aromatic heterocycles. The van der Waals surface area contributed by atoms with Crippen LogP contribution in [-0.4, -0.2) is 34.8 Å². The normalized spacial score (nSPS) is 15.9. The third-order valence-electron chi connectivity index (χ3n) is 5.55. The number of fused-ring (bicyclic) bond motifs is 2. The molecular formula is C25H23N3O2S. The van der Waals surface area contributed by atoms with E-state index >= 15 is 0 Å². The minimum atomic E-state index is -0.106. The molecule has 2 aliphatic rings. The summed E-state index contributed by atoms with van der Waals surface area (Å²) in [6.45, 7) is 1.78. The number of nitrogens with one attached hydrogen (secondary N) is 1. The van der Waals surface area contributed by atoms with Crippen molar-refractivity contribution in [2.24, 2.45) is 4.99 Å². The topological polar surface area (TPSA) is 64.9 Å². The van der Waals surface area contributed by atoms with Crippen LogP contribution in [-0.2, 0) is 0 Å². The van der Waals surface area contributed by atoms with Gasteiger partial charge < -0.3 is 5.11 Å². The third-order valence-corrected chi connectivity index (χ3v) is 6.69. The third kappa shape index (κ3) is 4.22. The van der Waals surface area contributed by atoms with Crippen LogP contribution in [0.2, 0.25) is 0 Å². The molecule has 0 spiro atoms. The molecule has 31 heavy (non-hydrogen) atoms. The van der Waals surface area contributed by atoms with Crippen molar-refractivity contribution in [1.29, 1.82) is 0 Å². The molecule has 6 heteroatoms. The molecule has 2 heterocycles. The van der Waals surface area contributed by atoms with Gasteiger partial charge in [-0.15, -0.1) is 0 Å². The summed E-state index contributed by atoms with van der Waals surface area (Å²) in [5.74, 6) is 0.0926. The van der Waals surface area contributed by atoms with Gasteiger partial charge in [0.1, 0.15) is 5.75 Å². The number of hydrazine groups is 1. The quantitative estimate of drug-likeness (QED) is 0.472. The minimum Gasteiger partial charge on any atom is -0.508 e. The van der Waals surface area contributed by atoms with Crippen LogP contribution >= 0.6 is 11.8 Å². The van der Waals surface area contributed by atoms with Crippen molar-refractivity contribution in [1.82, 2.24) is 10.4 Å². The van der Waals surface area contributed by atoms with Gasteiger partial charge in [-0.1, -0.05) is 48.5 Å². The zero-order chi connectivity index (χ0) is 21.2. The summed E-state index contributed by atoms with van der Waals surface area (Å²) in [5.41, 5.74) is 7.01. The zero-order valence-corrected chi connectivity index (χ0v) is 17.9. The fourth-order valence-electron chi connectivity index (χ4n) is 3.97. The fraction of sp³-hybridized carbons (Fsp3) is 0.200. The molecule has 1 fully saturated rings. The molecule has 0 saturated carbocycles. The summed E-state index contributed by atoms with van der Waals surface area (Å²) in [5, 5.41) is 12.0. The van der Waals surface area contributed by atoms with Gasteiger partial charge in [-0.05, 0) is 49.2 Å². The largest absolute Gasteiger partial charge is 0.508 e. The number of amides is 1. The highest BCUT2D eigenvalue weighted by atomic mass is 32.2. The number of aromatic hydroxyl groups is 1. The van der Waals surface area contributed by atoms with Gasteiger partial charge in [0.2, 0.25) is 0 Å². The van der Waals surface area contributed by atoms with Crippen molar-refractivity contribution in [3.8, 4) is 5.75 Å². The lowest BCUT2D eigenvalue weighted by Gasteiger charge is -2.26. The van der Waals surface area contributed by atoms with Gasteiger partial charge in [0.25, 0.3) is 5.91 Å². The molecule has 0 aliphatic carbocycles. The van der Waals surface area contributed by atoms with E-state index in [1.807, 2.05) is 53.5 Å². The molecule has 1 saturated heterocycles. The highest BCUT2D eigenvalue weighted by Gasteiger charge is 2.21. The van der Waals surface area contributed by atoms with E-state index < -0.39 is 0 Å². The van der Waals surface area contributed by atoms with Crippen molar-refractivity contribution in [3.05, 3.63) is 83.4 Å². The summed E-state index contributed by atoms with van der Waals surface area (Å²) in [4.78, 5) is 19.9. The van der Waals surface area contributed by atoms with E-state index in [-0.39, 0.29) is 11.7 Å². The molecule has 1 amide bonds. The van der Waals surface area contributed by atoms with Gasteiger partial charge in [-0.3, -0.25) is 10.2 Å². The van der Waals surface area contributed by atoms with E-state index in [1.165, 1.54) is 6.42 Å². The van der Waals surface area contributed by atoms with Gasteiger partial charge in [0.05, 0.1) is 11.4 Å². The van der Waals surface area contributed by atoms with Crippen molar-refractivity contribution < 1.29 is 9.90 Å². The molecule has 5 nitrogen and oxygen atoms in total. The Hall–Kier alpha value is -3.09. The van der Waals surface area contributed by atoms with Gasteiger partial charge in [0.15, 0.2) is 0 Å². The maximum absolute atomic E-state index is 12.9. The number of hydrogen-bond donors (Lipinski definition) is 2. The molecule has 0 bridgehead atoms. The number of benzene rings is 3. The van der Waals surface area contributed by atoms with E-state index in [1.54, 1.807) is 23.9 Å². The van der Waals surface area contributed by atoms with Crippen molar-refractivity contribution in [3.63, 3.8) is 0 Å². The van der Waals surface area contributed by atoms with Crippen LogP contribution in [0.5, 0.6) is 5.75 Å². The predicted octanol–water partition coefficient (Wildman–Crippen LogP) is 5.16. The van der Waals surface area contributed by atoms with Gasteiger partial charge >= 0.3 is 0 Å². The fourth-order valence-corrected chi connectivity index (χ4v) is 4.97. The number of phenolic OH excluding ortho intramolecular Hbond substituents is 1. The van der Waals surface area contributed by atoms with Crippen LogP contribution < -0.4 is 5.43 Å². The standard InChI is InChI=1S/C25H23N3O2S/c29-19-8-6-7-17(15-19)24-20-9-2-3-10-22(20)31-23-12-11-18(16-21(23)26-24)25(30)27-28-13-4-1-5-14-28/h2-3,6-12,15-16,29H,1,4-5,13-14H2,(H,27,30). The number of aliphatic imine (C=N–C) groups is 1. The molecule has 156 valence electrons. The number of carbonyl (C=O) groups excluding carboxylic acids is 1. The van der Waals surface area contributed by atoms with Crippen molar-refractivity contribution in [2.45, 2.75) is 29.1 Å². The molecule has 3 aromatic carbocycles. The average Bonchev–Trinajstić information content (AvgIpc) is 2.96. The highest BCUT2D eigenvalue weighted by Crippen LogP contribution is 2.41. The Morgan fingerprint density at radius 1 is 0.935 bits per heavy atom. The second-order valence-electron chi connectivity index (χ2n) is 7.78. The summed E-state index contributed by atoms with van der Waals surface area (Å²) in [6, 6.07) is 20.9. The zero-order valence-electron chi connectivity index (χ0n) is 17.0. The Morgan fingerprint density at radius 3 is 2.61 bits per heavy atom. The van der Waals surface area contributed by atoms with Crippen LogP contribution in [0.1, 0.15) is 40.7 Å². The lowest BCUT2D eigenvalue weighted by molar-refractivity contribution is 0.0750. The summed E-state index contributed by atoms with van der Waals surface area (Å²) >= 11 is 1.64. The van der Waals surface area contributed by atoms with E-state index in [4.69, 9.17) is 4.99 Å². The first-order valence-electron chi connectivity index (χ1n) is 10.5. The predicted molar refractivity (Wildman–Crippen MR) is 123 cm³/mol. The maximum Gasteiger partial charge on any atom is 0.265 e. The van der Waals surface area contributed by atoms with Gasteiger partial charge in [-0.2, -0.15) is 0 Å². The van der Waals surface area contributed by atoms with Crippen LogP contribution in [0.3, 0.4) is 0 Å². The van der Waals surface area contributed by atoms with E-state index in [0.717, 1.165) is 58.2 Å². The summed E-state index contributed by atoms with van der Waals surface area (Å²) in [7, 11) is 0. The number of hydrogen-bond acceptors (Lipinski definition) is 5. The lowest BCUT2D eigenvalue weighted by atomic mass is 10.0. The minimum absolute atomic E-state index is 0.106. The molecule has 2 N–H and O–H groups in total. The number of nitrogens with zero attached hydrogens (tertiary/aromatic N) is 2. The first-order chi connectivity index (χ1) is 15.2. The summed E-state index contributed by atoms with van der Waals surface area (Å²) in [6.07, 6.45) is 3.43. The molecule has 0 unspecified atom stereocenters. The molecule has 5 rings (SSSR count). The molecule has 0 radical (unpaired) electrons. The highest BCUT2D eigenvalue weighted by molar-refractivity contribution is 7.99. The summed E-state index contributed by atoms with van der Waals surface area (Å²) < 4.78 is 0. The van der Waals surface area contributed by atoms with E-state index in [0.29, 0.717) is 5.56 Å². The Labute approximate surface area is 185 Å². The van der Waals surface area contributed by atoms with Crippen molar-refractivity contribution >= 4 is 29.1 Å². The smallest absolute Gasteiger partial charge is 0.265 e. The molecular weight excluding hydrogens is 406 g/mol. The van der Waals surface area contributed by atoms with Crippen molar-refractivity contribution in [2.75, 3.05) is 13.1 Å². The molecule has 2 aliphatic heterocycles. The average molecular weight is 430 g/mol.